The van der Waals surface area contributed by atoms with Crippen molar-refractivity contribution in [2.45, 2.75) is 6.92 Å². The van der Waals surface area contributed by atoms with Crippen molar-refractivity contribution in [3.63, 3.8) is 0 Å². The SMILES string of the molecule is CC1=CC(=O)C(C(=O)/C=C/c2csc3ccccc23)C(=O)O1. The molecule has 1 aliphatic heterocycles. The van der Waals surface area contributed by atoms with E-state index in [-0.39, 0.29) is 5.76 Å². The van der Waals surface area contributed by atoms with Crippen LogP contribution in [0.15, 0.2) is 47.6 Å². The van der Waals surface area contributed by atoms with E-state index in [2.05, 4.69) is 0 Å². The van der Waals surface area contributed by atoms with Gasteiger partial charge in [0.05, 0.1) is 0 Å². The minimum absolute atomic E-state index is 0.215. The first kappa shape index (κ1) is 14.4. The quantitative estimate of drug-likeness (QED) is 0.496. The monoisotopic (exact) mass is 312 g/mol. The molecule has 4 nitrogen and oxygen atoms in total. The molecule has 1 atom stereocenters. The standard InChI is InChI=1S/C17H12O4S/c1-10-8-14(19)16(17(20)21-10)13(18)7-6-11-9-22-15-5-3-2-4-12(11)15/h2-9,16H,1H3/b7-6+. The van der Waals surface area contributed by atoms with E-state index >= 15 is 0 Å². The second-order valence-electron chi connectivity index (χ2n) is 4.93. The summed E-state index contributed by atoms with van der Waals surface area (Å²) in [5.41, 5.74) is 0.886. The second kappa shape index (κ2) is 5.69. The van der Waals surface area contributed by atoms with Gasteiger partial charge in [-0.2, -0.15) is 0 Å². The Morgan fingerprint density at radius 3 is 2.82 bits per heavy atom. The molecule has 0 saturated heterocycles. The van der Waals surface area contributed by atoms with Crippen molar-refractivity contribution in [1.82, 2.24) is 0 Å². The summed E-state index contributed by atoms with van der Waals surface area (Å²) in [6.45, 7) is 1.50. The maximum atomic E-state index is 12.1. The van der Waals surface area contributed by atoms with Crippen molar-refractivity contribution in [2.24, 2.45) is 5.92 Å². The number of allylic oxidation sites excluding steroid dienone is 3. The number of cyclic esters (lactones) is 1. The lowest BCUT2D eigenvalue weighted by Crippen LogP contribution is -2.34. The molecule has 1 unspecified atom stereocenters. The number of benzene rings is 1. The number of carbonyl (C=O) groups excluding carboxylic acids is 3. The number of ether oxygens (including phenoxy) is 1. The number of hydrogen-bond acceptors (Lipinski definition) is 5. The highest BCUT2D eigenvalue weighted by Gasteiger charge is 2.36. The number of rotatable bonds is 3. The van der Waals surface area contributed by atoms with Gasteiger partial charge in [0.2, 0.25) is 0 Å². The molecule has 0 bridgehead atoms. The van der Waals surface area contributed by atoms with Crippen molar-refractivity contribution in [3.05, 3.63) is 53.1 Å². The summed E-state index contributed by atoms with van der Waals surface area (Å²) in [5, 5.41) is 2.96. The average Bonchev–Trinajstić information content (AvgIpc) is 2.87. The Balaban J connectivity index is 1.85. The maximum absolute atomic E-state index is 12.1. The van der Waals surface area contributed by atoms with E-state index < -0.39 is 23.5 Å². The van der Waals surface area contributed by atoms with Crippen LogP contribution >= 0.6 is 11.3 Å². The number of fused-ring (bicyclic) bond motifs is 1. The van der Waals surface area contributed by atoms with E-state index in [1.165, 1.54) is 19.1 Å². The van der Waals surface area contributed by atoms with Gasteiger partial charge < -0.3 is 4.74 Å². The van der Waals surface area contributed by atoms with E-state index in [1.807, 2.05) is 29.6 Å². The zero-order valence-corrected chi connectivity index (χ0v) is 12.6. The van der Waals surface area contributed by atoms with Gasteiger partial charge in [-0.25, -0.2) is 0 Å². The Hall–Kier alpha value is -2.53. The molecule has 0 saturated carbocycles. The summed E-state index contributed by atoms with van der Waals surface area (Å²) >= 11 is 1.57. The van der Waals surface area contributed by atoms with E-state index in [4.69, 9.17) is 4.74 Å². The Morgan fingerprint density at radius 1 is 1.27 bits per heavy atom. The third-order valence-corrected chi connectivity index (χ3v) is 4.33. The molecular weight excluding hydrogens is 300 g/mol. The number of thiophene rings is 1. The van der Waals surface area contributed by atoms with Crippen LogP contribution in [0.5, 0.6) is 0 Å². The van der Waals surface area contributed by atoms with E-state index in [9.17, 15) is 14.4 Å². The summed E-state index contributed by atoms with van der Waals surface area (Å²) in [6.07, 6.45) is 4.08. The van der Waals surface area contributed by atoms with E-state index in [0.29, 0.717) is 0 Å². The second-order valence-corrected chi connectivity index (χ2v) is 5.85. The van der Waals surface area contributed by atoms with Gasteiger partial charge in [0, 0.05) is 10.8 Å². The Bertz CT molecular complexity index is 841. The zero-order chi connectivity index (χ0) is 15.7. The van der Waals surface area contributed by atoms with Crippen molar-refractivity contribution >= 4 is 45.0 Å². The lowest BCUT2D eigenvalue weighted by Gasteiger charge is -2.15. The fourth-order valence-electron chi connectivity index (χ4n) is 2.30. The van der Waals surface area contributed by atoms with Gasteiger partial charge in [-0.3, -0.25) is 14.4 Å². The Kier molecular flexibility index (Phi) is 3.73. The normalized spacial score (nSPS) is 18.6. The molecule has 110 valence electrons. The third kappa shape index (κ3) is 2.63. The molecule has 1 aromatic carbocycles. The Morgan fingerprint density at radius 2 is 2.05 bits per heavy atom. The van der Waals surface area contributed by atoms with Crippen LogP contribution in [-0.4, -0.2) is 17.5 Å². The molecule has 0 spiro atoms. The van der Waals surface area contributed by atoms with Crippen LogP contribution in [0, 0.1) is 5.92 Å². The summed E-state index contributed by atoms with van der Waals surface area (Å²) in [6, 6.07) is 7.82. The lowest BCUT2D eigenvalue weighted by molar-refractivity contribution is -0.151. The topological polar surface area (TPSA) is 60.4 Å². The fraction of sp³-hybridized carbons (Fsp3) is 0.118. The molecule has 22 heavy (non-hydrogen) atoms. The van der Waals surface area contributed by atoms with E-state index in [1.54, 1.807) is 17.4 Å². The summed E-state index contributed by atoms with van der Waals surface area (Å²) in [5.74, 6) is -3.07. The summed E-state index contributed by atoms with van der Waals surface area (Å²) in [7, 11) is 0. The van der Waals surface area contributed by atoms with Crippen molar-refractivity contribution < 1.29 is 19.1 Å². The highest BCUT2D eigenvalue weighted by Crippen LogP contribution is 2.27. The molecule has 1 aliphatic rings. The number of esters is 1. The minimum Gasteiger partial charge on any atom is -0.430 e. The van der Waals surface area contributed by atoms with Gasteiger partial charge in [0.15, 0.2) is 17.5 Å². The average molecular weight is 312 g/mol. The summed E-state index contributed by atoms with van der Waals surface area (Å²) < 4.78 is 5.96. The smallest absolute Gasteiger partial charge is 0.329 e. The number of hydrogen-bond donors (Lipinski definition) is 0. The fourth-order valence-corrected chi connectivity index (χ4v) is 3.23. The third-order valence-electron chi connectivity index (χ3n) is 3.35. The molecule has 0 N–H and O–H groups in total. The van der Waals surface area contributed by atoms with Crippen LogP contribution in [0.25, 0.3) is 16.2 Å². The van der Waals surface area contributed by atoms with Crippen LogP contribution in [0.4, 0.5) is 0 Å². The number of carbonyl (C=O) groups is 3. The van der Waals surface area contributed by atoms with E-state index in [0.717, 1.165) is 15.6 Å². The molecule has 0 fully saturated rings. The van der Waals surface area contributed by atoms with Gasteiger partial charge in [0.25, 0.3) is 0 Å². The highest BCUT2D eigenvalue weighted by molar-refractivity contribution is 7.17. The predicted octanol–water partition coefficient (Wildman–Crippen LogP) is 3.13. The van der Waals surface area contributed by atoms with Crippen LogP contribution in [0.3, 0.4) is 0 Å². The summed E-state index contributed by atoms with van der Waals surface area (Å²) in [4.78, 5) is 35.6. The van der Waals surface area contributed by atoms with Gasteiger partial charge >= 0.3 is 5.97 Å². The molecule has 2 heterocycles. The maximum Gasteiger partial charge on any atom is 0.329 e. The van der Waals surface area contributed by atoms with Crippen LogP contribution < -0.4 is 0 Å². The van der Waals surface area contributed by atoms with Crippen molar-refractivity contribution in [1.29, 1.82) is 0 Å². The molecular formula is C17H12O4S. The van der Waals surface area contributed by atoms with Gasteiger partial charge in [0.1, 0.15) is 5.76 Å². The first-order valence-electron chi connectivity index (χ1n) is 6.68. The van der Waals surface area contributed by atoms with Gasteiger partial charge in [-0.05, 0) is 41.5 Å². The first-order valence-corrected chi connectivity index (χ1v) is 7.56. The molecule has 1 aromatic heterocycles. The molecule has 2 aromatic rings. The van der Waals surface area contributed by atoms with Crippen molar-refractivity contribution in [3.8, 4) is 0 Å². The largest absolute Gasteiger partial charge is 0.430 e. The predicted molar refractivity (Wildman–Crippen MR) is 84.2 cm³/mol. The van der Waals surface area contributed by atoms with Crippen LogP contribution in [0.1, 0.15) is 12.5 Å². The van der Waals surface area contributed by atoms with Crippen molar-refractivity contribution in [2.75, 3.05) is 0 Å². The molecule has 3 rings (SSSR count). The number of ketones is 2. The van der Waals surface area contributed by atoms with Gasteiger partial charge in [-0.1, -0.05) is 18.2 Å². The molecule has 0 radical (unpaired) electrons. The van der Waals surface area contributed by atoms with Crippen LogP contribution in [-0.2, 0) is 19.1 Å². The zero-order valence-electron chi connectivity index (χ0n) is 11.7. The minimum atomic E-state index is -1.38. The first-order chi connectivity index (χ1) is 10.6. The molecule has 5 heteroatoms. The molecule has 0 aliphatic carbocycles. The highest BCUT2D eigenvalue weighted by atomic mass is 32.1. The van der Waals surface area contributed by atoms with Gasteiger partial charge in [-0.15, -0.1) is 11.3 Å². The molecule has 0 amide bonds. The van der Waals surface area contributed by atoms with Crippen LogP contribution in [0.2, 0.25) is 0 Å². The lowest BCUT2D eigenvalue weighted by atomic mass is 9.96. The Labute approximate surface area is 130 Å².